The minimum absolute atomic E-state index is 0. The van der Waals surface area contributed by atoms with Gasteiger partial charge in [0.1, 0.15) is 12.4 Å². The van der Waals surface area contributed by atoms with Crippen LogP contribution in [0, 0.1) is 0 Å². The van der Waals surface area contributed by atoms with Gasteiger partial charge in [-0.3, -0.25) is 4.79 Å². The van der Waals surface area contributed by atoms with Crippen molar-refractivity contribution in [2.75, 3.05) is 33.0 Å². The first-order chi connectivity index (χ1) is 11.5. The summed E-state index contributed by atoms with van der Waals surface area (Å²) in [4.78, 5) is 14.2. The fourth-order valence-electron chi connectivity index (χ4n) is 2.21. The Balaban J connectivity index is 0.00000312. The van der Waals surface area contributed by atoms with Gasteiger partial charge in [-0.15, -0.1) is 24.8 Å². The Morgan fingerprint density at radius 3 is 2.38 bits per heavy atom. The Bertz CT molecular complexity index is 664. The van der Waals surface area contributed by atoms with Crippen molar-refractivity contribution in [2.45, 2.75) is 13.0 Å². The molecule has 0 aliphatic carbocycles. The second-order valence-electron chi connectivity index (χ2n) is 5.95. The average molecular weight is 400 g/mol. The molecule has 0 fully saturated rings. The molecule has 2 aromatic rings. The van der Waals surface area contributed by atoms with E-state index in [1.54, 1.807) is 12.1 Å². The van der Waals surface area contributed by atoms with Crippen molar-refractivity contribution in [3.05, 3.63) is 59.7 Å². The molecule has 0 aromatic heterocycles. The molecule has 0 unspecified atom stereocenters. The second-order valence-corrected chi connectivity index (χ2v) is 5.95. The van der Waals surface area contributed by atoms with Crippen LogP contribution in [0.1, 0.15) is 11.1 Å². The van der Waals surface area contributed by atoms with Gasteiger partial charge in [0.2, 0.25) is 5.91 Å². The highest BCUT2D eigenvalue weighted by molar-refractivity contribution is 5.85. The van der Waals surface area contributed by atoms with E-state index in [1.807, 2.05) is 50.5 Å². The van der Waals surface area contributed by atoms with Gasteiger partial charge in [0.25, 0.3) is 0 Å². The van der Waals surface area contributed by atoms with Crippen LogP contribution < -0.4 is 15.8 Å². The third-order valence-electron chi connectivity index (χ3n) is 3.59. The summed E-state index contributed by atoms with van der Waals surface area (Å²) in [7, 11) is 4.01. The highest BCUT2D eigenvalue weighted by atomic mass is 35.5. The molecule has 2 rings (SSSR count). The normalized spacial score (nSPS) is 9.81. The molecule has 5 nitrogen and oxygen atoms in total. The molecule has 0 spiro atoms. The average Bonchev–Trinajstić information content (AvgIpc) is 2.56. The monoisotopic (exact) mass is 399 g/mol. The molecular weight excluding hydrogens is 373 g/mol. The van der Waals surface area contributed by atoms with Crippen LogP contribution in [0.25, 0.3) is 0 Å². The molecule has 1 amide bonds. The van der Waals surface area contributed by atoms with Crippen LogP contribution in [0.15, 0.2) is 48.5 Å². The number of likely N-dealkylation sites (N-methyl/N-ethyl adjacent to an activating group) is 1. The fraction of sp³-hybridized carbons (Fsp3) is 0.316. The summed E-state index contributed by atoms with van der Waals surface area (Å²) in [6.07, 6.45) is 0.337. The van der Waals surface area contributed by atoms with Crippen LogP contribution >= 0.6 is 24.8 Å². The third kappa shape index (κ3) is 8.43. The van der Waals surface area contributed by atoms with E-state index in [0.29, 0.717) is 25.3 Å². The van der Waals surface area contributed by atoms with E-state index in [1.165, 1.54) is 0 Å². The van der Waals surface area contributed by atoms with Crippen molar-refractivity contribution in [1.82, 2.24) is 10.2 Å². The molecule has 26 heavy (non-hydrogen) atoms. The van der Waals surface area contributed by atoms with Crippen LogP contribution in [0.2, 0.25) is 0 Å². The first-order valence-electron chi connectivity index (χ1n) is 8.01. The van der Waals surface area contributed by atoms with Gasteiger partial charge >= 0.3 is 0 Å². The standard InChI is InChI=1S/C19H25N3O2.2ClH/c1-22(2)11-12-24-18-6-4-3-5-16(18)14-21-19(23)13-15-7-9-17(20)10-8-15;;/h3-10H,11-14,20H2,1-2H3,(H,21,23);2*1H. The molecule has 0 aliphatic heterocycles. The summed E-state index contributed by atoms with van der Waals surface area (Å²) in [5.74, 6) is 0.787. The molecule has 7 heteroatoms. The minimum Gasteiger partial charge on any atom is -0.492 e. The number of hydrogen-bond donors (Lipinski definition) is 2. The molecule has 0 saturated carbocycles. The number of carbonyl (C=O) groups excluding carboxylic acids is 1. The van der Waals surface area contributed by atoms with Gasteiger partial charge < -0.3 is 20.7 Å². The number of para-hydroxylation sites is 1. The smallest absolute Gasteiger partial charge is 0.224 e. The summed E-state index contributed by atoms with van der Waals surface area (Å²) in [5.41, 5.74) is 8.26. The quantitative estimate of drug-likeness (QED) is 0.669. The number of nitrogens with one attached hydrogen (secondary N) is 1. The number of carbonyl (C=O) groups is 1. The Morgan fingerprint density at radius 2 is 1.73 bits per heavy atom. The number of amides is 1. The third-order valence-corrected chi connectivity index (χ3v) is 3.59. The molecule has 3 N–H and O–H groups in total. The first kappa shape index (κ1) is 24.1. The Labute approximate surface area is 167 Å². The zero-order valence-corrected chi connectivity index (χ0v) is 16.7. The van der Waals surface area contributed by atoms with Crippen molar-refractivity contribution >= 4 is 36.4 Å². The van der Waals surface area contributed by atoms with Crippen molar-refractivity contribution in [3.8, 4) is 5.75 Å². The molecular formula is C19H27Cl2N3O2. The first-order valence-corrected chi connectivity index (χ1v) is 8.01. The van der Waals surface area contributed by atoms with Crippen molar-refractivity contribution in [1.29, 1.82) is 0 Å². The lowest BCUT2D eigenvalue weighted by Gasteiger charge is -2.14. The van der Waals surface area contributed by atoms with E-state index in [0.717, 1.165) is 23.4 Å². The lowest BCUT2D eigenvalue weighted by atomic mass is 10.1. The topological polar surface area (TPSA) is 67.6 Å². The highest BCUT2D eigenvalue weighted by Gasteiger charge is 2.07. The number of halogens is 2. The molecule has 0 radical (unpaired) electrons. The maximum Gasteiger partial charge on any atom is 0.224 e. The summed E-state index contributed by atoms with van der Waals surface area (Å²) < 4.78 is 5.80. The summed E-state index contributed by atoms with van der Waals surface area (Å²) >= 11 is 0. The second kappa shape index (κ2) is 12.4. The number of benzene rings is 2. The molecule has 0 saturated heterocycles. The van der Waals surface area contributed by atoms with Crippen LogP contribution in [0.5, 0.6) is 5.75 Å². The SMILES string of the molecule is CN(C)CCOc1ccccc1CNC(=O)Cc1ccc(N)cc1.Cl.Cl. The van der Waals surface area contributed by atoms with Crippen LogP contribution in [0.3, 0.4) is 0 Å². The number of anilines is 1. The molecule has 0 bridgehead atoms. The number of nitrogens with two attached hydrogens (primary N) is 1. The Morgan fingerprint density at radius 1 is 1.08 bits per heavy atom. The van der Waals surface area contributed by atoms with E-state index < -0.39 is 0 Å². The molecule has 0 heterocycles. The van der Waals surface area contributed by atoms with Crippen LogP contribution in [-0.4, -0.2) is 38.1 Å². The zero-order chi connectivity index (χ0) is 17.4. The summed E-state index contributed by atoms with van der Waals surface area (Å²) in [6.45, 7) is 1.91. The van der Waals surface area contributed by atoms with Gasteiger partial charge in [0.15, 0.2) is 0 Å². The van der Waals surface area contributed by atoms with Crippen LogP contribution in [0.4, 0.5) is 5.69 Å². The Hall–Kier alpha value is -1.95. The Kier molecular flexibility index (Phi) is 11.5. The predicted octanol–water partition coefficient (Wildman–Crippen LogP) is 2.91. The lowest BCUT2D eigenvalue weighted by molar-refractivity contribution is -0.120. The van der Waals surface area contributed by atoms with E-state index in [2.05, 4.69) is 10.2 Å². The van der Waals surface area contributed by atoms with Gasteiger partial charge in [0.05, 0.1) is 6.42 Å². The maximum atomic E-state index is 12.1. The largest absolute Gasteiger partial charge is 0.492 e. The molecule has 2 aromatic carbocycles. The lowest BCUT2D eigenvalue weighted by Crippen LogP contribution is -2.25. The van der Waals surface area contributed by atoms with Crippen molar-refractivity contribution in [2.24, 2.45) is 0 Å². The predicted molar refractivity (Wildman–Crippen MR) is 111 cm³/mol. The van der Waals surface area contributed by atoms with Crippen LogP contribution in [-0.2, 0) is 17.8 Å². The molecule has 144 valence electrons. The summed E-state index contributed by atoms with van der Waals surface area (Å²) in [5, 5.41) is 2.94. The molecule has 0 aliphatic rings. The van der Waals surface area contributed by atoms with Crippen molar-refractivity contribution < 1.29 is 9.53 Å². The maximum absolute atomic E-state index is 12.1. The van der Waals surface area contributed by atoms with Crippen molar-refractivity contribution in [3.63, 3.8) is 0 Å². The fourth-order valence-corrected chi connectivity index (χ4v) is 2.21. The number of ether oxygens (including phenoxy) is 1. The number of nitrogen functional groups attached to an aromatic ring is 1. The zero-order valence-electron chi connectivity index (χ0n) is 15.1. The van der Waals surface area contributed by atoms with Gasteiger partial charge in [0, 0.05) is 24.3 Å². The van der Waals surface area contributed by atoms with E-state index in [9.17, 15) is 4.79 Å². The van der Waals surface area contributed by atoms with E-state index >= 15 is 0 Å². The van der Waals surface area contributed by atoms with E-state index in [-0.39, 0.29) is 30.7 Å². The number of hydrogen-bond acceptors (Lipinski definition) is 4. The van der Waals surface area contributed by atoms with Gasteiger partial charge in [-0.2, -0.15) is 0 Å². The minimum atomic E-state index is -0.0251. The number of nitrogens with zero attached hydrogens (tertiary/aromatic N) is 1. The highest BCUT2D eigenvalue weighted by Crippen LogP contribution is 2.17. The summed E-state index contributed by atoms with van der Waals surface area (Å²) in [6, 6.07) is 15.1. The molecule has 0 atom stereocenters. The van der Waals surface area contributed by atoms with E-state index in [4.69, 9.17) is 10.5 Å². The van der Waals surface area contributed by atoms with Gasteiger partial charge in [-0.25, -0.2) is 0 Å². The van der Waals surface area contributed by atoms with Gasteiger partial charge in [-0.1, -0.05) is 30.3 Å². The van der Waals surface area contributed by atoms with Gasteiger partial charge in [-0.05, 0) is 37.9 Å². The number of rotatable bonds is 8.